The number of hydrogen-bond acceptors (Lipinski definition) is 5. The van der Waals surface area contributed by atoms with E-state index in [1.54, 1.807) is 7.11 Å². The fourth-order valence-corrected chi connectivity index (χ4v) is 6.34. The van der Waals surface area contributed by atoms with E-state index < -0.39 is 26.7 Å². The Morgan fingerprint density at radius 3 is 2.66 bits per heavy atom. The number of ketones is 1. The van der Waals surface area contributed by atoms with Crippen LogP contribution in [0.15, 0.2) is 23.8 Å². The fraction of sp³-hybridized carbons (Fsp3) is 0.591. The number of fused-ring (bicyclic) bond motifs is 2. The Kier molecular flexibility index (Phi) is 5.84. The largest absolute Gasteiger partial charge is 0.492 e. The number of allylic oxidation sites excluding steroid dienone is 1. The SMILES string of the molecule is CCCCOc1cccc(C=C2C(=O)C3(CS(=O)(=O)O)CCC2C3(C)C)c1OC. The highest BCUT2D eigenvalue weighted by Crippen LogP contribution is 2.66. The van der Waals surface area contributed by atoms with Gasteiger partial charge < -0.3 is 9.47 Å². The van der Waals surface area contributed by atoms with E-state index in [9.17, 15) is 17.8 Å². The summed E-state index contributed by atoms with van der Waals surface area (Å²) in [5.74, 6) is 0.407. The summed E-state index contributed by atoms with van der Waals surface area (Å²) in [6.07, 6.45) is 4.95. The standard InChI is InChI=1S/C22H30O6S/c1-5-6-12-28-18-9-7-8-15(19(18)27-4)13-16-17-10-11-22(20(16)23,21(17,2)3)14-29(24,25)26/h7-9,13,17H,5-6,10-12,14H2,1-4H3,(H,24,25,26). The smallest absolute Gasteiger partial charge is 0.265 e. The first kappa shape index (κ1) is 21.8. The topological polar surface area (TPSA) is 89.9 Å². The molecular weight excluding hydrogens is 392 g/mol. The van der Waals surface area contributed by atoms with Gasteiger partial charge in [-0.25, -0.2) is 0 Å². The zero-order valence-corrected chi connectivity index (χ0v) is 18.3. The monoisotopic (exact) mass is 422 g/mol. The maximum absolute atomic E-state index is 13.4. The van der Waals surface area contributed by atoms with Crippen LogP contribution in [0.1, 0.15) is 52.0 Å². The average molecular weight is 423 g/mol. The number of benzene rings is 1. The molecule has 0 spiro atoms. The molecule has 1 N–H and O–H groups in total. The third kappa shape index (κ3) is 3.70. The maximum atomic E-state index is 13.4. The van der Waals surface area contributed by atoms with Crippen molar-refractivity contribution in [3.05, 3.63) is 29.3 Å². The number of carbonyl (C=O) groups is 1. The average Bonchev–Trinajstić information content (AvgIpc) is 2.95. The molecule has 2 unspecified atom stereocenters. The lowest BCUT2D eigenvalue weighted by Crippen LogP contribution is -2.42. The zero-order chi connectivity index (χ0) is 21.4. The van der Waals surface area contributed by atoms with Gasteiger partial charge in [0.1, 0.15) is 0 Å². The van der Waals surface area contributed by atoms with Gasteiger partial charge in [-0.2, -0.15) is 8.42 Å². The van der Waals surface area contributed by atoms with Crippen LogP contribution in [0, 0.1) is 16.7 Å². The van der Waals surface area contributed by atoms with Gasteiger partial charge in [-0.3, -0.25) is 9.35 Å². The molecule has 2 aliphatic rings. The predicted molar refractivity (Wildman–Crippen MR) is 112 cm³/mol. The zero-order valence-electron chi connectivity index (χ0n) is 17.5. The molecule has 2 aliphatic carbocycles. The summed E-state index contributed by atoms with van der Waals surface area (Å²) in [4.78, 5) is 13.4. The lowest BCUT2D eigenvalue weighted by Gasteiger charge is -2.34. The van der Waals surface area contributed by atoms with Crippen LogP contribution in [0.25, 0.3) is 6.08 Å². The first-order chi connectivity index (χ1) is 13.6. The quantitative estimate of drug-likeness (QED) is 0.384. The van der Waals surface area contributed by atoms with Crippen molar-refractivity contribution in [2.24, 2.45) is 16.7 Å². The molecule has 0 heterocycles. The molecule has 0 amide bonds. The van der Waals surface area contributed by atoms with Crippen molar-refractivity contribution in [2.45, 2.75) is 46.5 Å². The van der Waals surface area contributed by atoms with Gasteiger partial charge in [0.15, 0.2) is 17.3 Å². The molecule has 2 atom stereocenters. The fourth-order valence-electron chi connectivity index (χ4n) is 5.07. The molecule has 1 aromatic rings. The second-order valence-electron chi connectivity index (χ2n) is 8.63. The highest BCUT2D eigenvalue weighted by Gasteiger charge is 2.67. The van der Waals surface area contributed by atoms with Crippen LogP contribution < -0.4 is 9.47 Å². The summed E-state index contributed by atoms with van der Waals surface area (Å²) in [6, 6.07) is 5.55. The minimum Gasteiger partial charge on any atom is -0.492 e. The third-order valence-corrected chi connectivity index (χ3v) is 7.60. The summed E-state index contributed by atoms with van der Waals surface area (Å²) in [7, 11) is -2.71. The minimum absolute atomic E-state index is 0.0638. The molecule has 2 fully saturated rings. The summed E-state index contributed by atoms with van der Waals surface area (Å²) in [6.45, 7) is 6.53. The van der Waals surface area contributed by atoms with Crippen molar-refractivity contribution < 1.29 is 27.2 Å². The van der Waals surface area contributed by atoms with E-state index >= 15 is 0 Å². The van der Waals surface area contributed by atoms with Gasteiger partial charge in [-0.15, -0.1) is 0 Å². The number of methoxy groups -OCH3 is 1. The van der Waals surface area contributed by atoms with Crippen LogP contribution in [-0.4, -0.2) is 38.2 Å². The number of carbonyl (C=O) groups excluding carboxylic acids is 1. The third-order valence-electron chi connectivity index (χ3n) is 6.75. The van der Waals surface area contributed by atoms with Gasteiger partial charge in [0.05, 0.1) is 24.9 Å². The van der Waals surface area contributed by atoms with Gasteiger partial charge in [0, 0.05) is 11.1 Å². The maximum Gasteiger partial charge on any atom is 0.265 e. The molecule has 0 aromatic heterocycles. The summed E-state index contributed by atoms with van der Waals surface area (Å²) >= 11 is 0. The molecular formula is C22H30O6S. The Bertz CT molecular complexity index is 931. The van der Waals surface area contributed by atoms with Gasteiger partial charge in [-0.1, -0.05) is 39.3 Å². The summed E-state index contributed by atoms with van der Waals surface area (Å²) in [5, 5.41) is 0. The second kappa shape index (κ2) is 7.76. The Hall–Kier alpha value is -1.86. The van der Waals surface area contributed by atoms with Crippen molar-refractivity contribution in [3.63, 3.8) is 0 Å². The molecule has 0 radical (unpaired) electrons. The van der Waals surface area contributed by atoms with E-state index in [2.05, 4.69) is 6.92 Å². The van der Waals surface area contributed by atoms with Crippen LogP contribution in [0.4, 0.5) is 0 Å². The first-order valence-electron chi connectivity index (χ1n) is 10.1. The Labute approximate surface area is 173 Å². The first-order valence-corrected chi connectivity index (χ1v) is 11.7. The molecule has 0 aliphatic heterocycles. The highest BCUT2D eigenvalue weighted by molar-refractivity contribution is 7.85. The van der Waals surface area contributed by atoms with E-state index in [4.69, 9.17) is 9.47 Å². The molecule has 1 aromatic carbocycles. The number of rotatable bonds is 8. The van der Waals surface area contributed by atoms with E-state index in [1.807, 2.05) is 38.1 Å². The van der Waals surface area contributed by atoms with Crippen LogP contribution in [-0.2, 0) is 14.9 Å². The van der Waals surface area contributed by atoms with E-state index in [0.29, 0.717) is 30.1 Å². The van der Waals surface area contributed by atoms with E-state index in [0.717, 1.165) is 24.8 Å². The lowest BCUT2D eigenvalue weighted by atomic mass is 9.70. The van der Waals surface area contributed by atoms with E-state index in [1.165, 1.54) is 0 Å². The predicted octanol–water partition coefficient (Wildman–Crippen LogP) is 4.15. The van der Waals surface area contributed by atoms with Crippen molar-refractivity contribution >= 4 is 22.0 Å². The normalized spacial score (nSPS) is 26.9. The van der Waals surface area contributed by atoms with Crippen LogP contribution in [0.2, 0.25) is 0 Å². The number of ether oxygens (including phenoxy) is 2. The van der Waals surface area contributed by atoms with Gasteiger partial charge in [0.25, 0.3) is 10.1 Å². The summed E-state index contributed by atoms with van der Waals surface area (Å²) in [5.41, 5.74) is -0.294. The molecule has 29 heavy (non-hydrogen) atoms. The van der Waals surface area contributed by atoms with Crippen molar-refractivity contribution in [1.82, 2.24) is 0 Å². The number of para-hydroxylation sites is 1. The Morgan fingerprint density at radius 2 is 2.03 bits per heavy atom. The Balaban J connectivity index is 2.02. The number of unbranched alkanes of at least 4 members (excludes halogenated alkanes) is 1. The molecule has 2 saturated carbocycles. The molecule has 6 nitrogen and oxygen atoms in total. The van der Waals surface area contributed by atoms with E-state index in [-0.39, 0.29) is 11.7 Å². The number of hydrogen-bond donors (Lipinski definition) is 1. The molecule has 2 bridgehead atoms. The van der Waals surface area contributed by atoms with Gasteiger partial charge >= 0.3 is 0 Å². The van der Waals surface area contributed by atoms with Gasteiger partial charge in [0.2, 0.25) is 0 Å². The minimum atomic E-state index is -4.28. The Morgan fingerprint density at radius 1 is 1.31 bits per heavy atom. The van der Waals surface area contributed by atoms with Gasteiger partial charge in [-0.05, 0) is 42.7 Å². The number of Topliss-reactive ketones (excluding diaryl/α,β-unsaturated/α-hetero) is 1. The van der Waals surface area contributed by atoms with Crippen LogP contribution in [0.5, 0.6) is 11.5 Å². The molecule has 7 heteroatoms. The lowest BCUT2D eigenvalue weighted by molar-refractivity contribution is -0.125. The molecule has 0 saturated heterocycles. The second-order valence-corrected chi connectivity index (χ2v) is 10.1. The van der Waals surface area contributed by atoms with Crippen LogP contribution >= 0.6 is 0 Å². The van der Waals surface area contributed by atoms with Crippen molar-refractivity contribution in [1.29, 1.82) is 0 Å². The van der Waals surface area contributed by atoms with Crippen molar-refractivity contribution in [2.75, 3.05) is 19.5 Å². The van der Waals surface area contributed by atoms with Crippen LogP contribution in [0.3, 0.4) is 0 Å². The highest BCUT2D eigenvalue weighted by atomic mass is 32.2. The molecule has 160 valence electrons. The summed E-state index contributed by atoms with van der Waals surface area (Å²) < 4.78 is 44.3. The molecule has 3 rings (SSSR count). The van der Waals surface area contributed by atoms with Crippen molar-refractivity contribution in [3.8, 4) is 11.5 Å².